The van der Waals surface area contributed by atoms with Gasteiger partial charge in [0, 0.05) is 19.2 Å². The first kappa shape index (κ1) is 12.3. The van der Waals surface area contributed by atoms with Gasteiger partial charge >= 0.3 is 6.03 Å². The molecule has 1 fully saturated rings. The molecule has 0 aliphatic carbocycles. The fourth-order valence-corrected chi connectivity index (χ4v) is 1.74. The van der Waals surface area contributed by atoms with Crippen LogP contribution in [-0.2, 0) is 4.74 Å². The second kappa shape index (κ2) is 6.67. The van der Waals surface area contributed by atoms with Gasteiger partial charge in [-0.05, 0) is 26.2 Å². The SMILES string of the molecule is CCCCNC(=O)NC1CCOC(C)C1. The van der Waals surface area contributed by atoms with Gasteiger partial charge in [-0.1, -0.05) is 13.3 Å². The van der Waals surface area contributed by atoms with Gasteiger partial charge < -0.3 is 15.4 Å². The number of nitrogens with one attached hydrogen (secondary N) is 2. The van der Waals surface area contributed by atoms with Gasteiger partial charge in [-0.15, -0.1) is 0 Å². The molecule has 1 saturated heterocycles. The van der Waals surface area contributed by atoms with Crippen LogP contribution in [0.1, 0.15) is 39.5 Å². The topological polar surface area (TPSA) is 50.4 Å². The maximum atomic E-state index is 11.4. The Bertz CT molecular complexity index is 197. The summed E-state index contributed by atoms with van der Waals surface area (Å²) in [5.41, 5.74) is 0. The number of hydrogen-bond acceptors (Lipinski definition) is 2. The van der Waals surface area contributed by atoms with Gasteiger partial charge in [0.1, 0.15) is 0 Å². The van der Waals surface area contributed by atoms with Crippen LogP contribution in [0.3, 0.4) is 0 Å². The molecule has 0 aromatic rings. The molecule has 2 atom stereocenters. The highest BCUT2D eigenvalue weighted by Gasteiger charge is 2.20. The van der Waals surface area contributed by atoms with Gasteiger partial charge in [-0.25, -0.2) is 4.79 Å². The number of amides is 2. The molecule has 88 valence electrons. The minimum absolute atomic E-state index is 0.0393. The molecule has 1 heterocycles. The van der Waals surface area contributed by atoms with Crippen LogP contribution in [0.4, 0.5) is 4.79 Å². The summed E-state index contributed by atoms with van der Waals surface area (Å²) in [4.78, 5) is 11.4. The average Bonchev–Trinajstić information content (AvgIpc) is 2.18. The van der Waals surface area contributed by atoms with Gasteiger partial charge in [0.25, 0.3) is 0 Å². The van der Waals surface area contributed by atoms with Crippen molar-refractivity contribution in [3.8, 4) is 0 Å². The van der Waals surface area contributed by atoms with E-state index in [2.05, 4.69) is 17.6 Å². The third kappa shape index (κ3) is 5.02. The van der Waals surface area contributed by atoms with E-state index in [1.807, 2.05) is 6.92 Å². The lowest BCUT2D eigenvalue weighted by molar-refractivity contribution is 0.0154. The Morgan fingerprint density at radius 1 is 1.53 bits per heavy atom. The molecule has 0 radical (unpaired) electrons. The summed E-state index contributed by atoms with van der Waals surface area (Å²) >= 11 is 0. The van der Waals surface area contributed by atoms with Crippen molar-refractivity contribution in [3.63, 3.8) is 0 Å². The largest absolute Gasteiger partial charge is 0.378 e. The van der Waals surface area contributed by atoms with Crippen LogP contribution in [0.25, 0.3) is 0 Å². The fraction of sp³-hybridized carbons (Fsp3) is 0.909. The Kier molecular flexibility index (Phi) is 5.47. The predicted molar refractivity (Wildman–Crippen MR) is 59.9 cm³/mol. The number of carbonyl (C=O) groups is 1. The summed E-state index contributed by atoms with van der Waals surface area (Å²) < 4.78 is 5.42. The lowest BCUT2D eigenvalue weighted by Gasteiger charge is -2.27. The molecular formula is C11H22N2O2. The van der Waals surface area contributed by atoms with Crippen molar-refractivity contribution in [1.29, 1.82) is 0 Å². The second-order valence-electron chi connectivity index (χ2n) is 4.16. The van der Waals surface area contributed by atoms with Gasteiger partial charge in [-0.2, -0.15) is 0 Å². The van der Waals surface area contributed by atoms with E-state index >= 15 is 0 Å². The van der Waals surface area contributed by atoms with Crippen molar-refractivity contribution in [2.75, 3.05) is 13.2 Å². The molecule has 1 aliphatic heterocycles. The van der Waals surface area contributed by atoms with Crippen LogP contribution >= 0.6 is 0 Å². The van der Waals surface area contributed by atoms with Gasteiger partial charge in [0.15, 0.2) is 0 Å². The quantitative estimate of drug-likeness (QED) is 0.699. The minimum atomic E-state index is -0.0393. The summed E-state index contributed by atoms with van der Waals surface area (Å²) in [6, 6.07) is 0.234. The van der Waals surface area contributed by atoms with Crippen molar-refractivity contribution in [2.24, 2.45) is 0 Å². The first-order valence-electron chi connectivity index (χ1n) is 5.88. The zero-order chi connectivity index (χ0) is 11.1. The molecule has 0 aromatic carbocycles. The summed E-state index contributed by atoms with van der Waals surface area (Å²) in [5.74, 6) is 0. The van der Waals surface area contributed by atoms with Crippen LogP contribution in [0.2, 0.25) is 0 Å². The van der Waals surface area contributed by atoms with E-state index < -0.39 is 0 Å². The molecule has 15 heavy (non-hydrogen) atoms. The van der Waals surface area contributed by atoms with E-state index in [0.29, 0.717) is 0 Å². The lowest BCUT2D eigenvalue weighted by Crippen LogP contribution is -2.46. The van der Waals surface area contributed by atoms with Crippen LogP contribution in [-0.4, -0.2) is 31.3 Å². The zero-order valence-corrected chi connectivity index (χ0v) is 9.71. The minimum Gasteiger partial charge on any atom is -0.378 e. The van der Waals surface area contributed by atoms with Gasteiger partial charge in [-0.3, -0.25) is 0 Å². The highest BCUT2D eigenvalue weighted by Crippen LogP contribution is 2.12. The van der Waals surface area contributed by atoms with Gasteiger partial charge in [0.2, 0.25) is 0 Å². The number of hydrogen-bond donors (Lipinski definition) is 2. The Labute approximate surface area is 91.8 Å². The monoisotopic (exact) mass is 214 g/mol. The molecule has 1 rings (SSSR count). The Hall–Kier alpha value is -0.770. The summed E-state index contributed by atoms with van der Waals surface area (Å²) in [6.07, 6.45) is 4.25. The van der Waals surface area contributed by atoms with E-state index in [-0.39, 0.29) is 18.2 Å². The smallest absolute Gasteiger partial charge is 0.315 e. The summed E-state index contributed by atoms with van der Waals surface area (Å²) in [6.45, 7) is 5.67. The maximum absolute atomic E-state index is 11.4. The van der Waals surface area contributed by atoms with Crippen LogP contribution in [0, 0.1) is 0 Å². The molecule has 2 unspecified atom stereocenters. The molecule has 1 aliphatic rings. The zero-order valence-electron chi connectivity index (χ0n) is 9.71. The maximum Gasteiger partial charge on any atom is 0.315 e. The predicted octanol–water partition coefficient (Wildman–Crippen LogP) is 1.65. The number of carbonyl (C=O) groups excluding carboxylic acids is 1. The van der Waals surface area contributed by atoms with Crippen molar-refractivity contribution >= 4 is 6.03 Å². The molecule has 4 nitrogen and oxygen atoms in total. The van der Waals surface area contributed by atoms with E-state index in [9.17, 15) is 4.79 Å². The first-order valence-corrected chi connectivity index (χ1v) is 5.88. The number of unbranched alkanes of at least 4 members (excludes halogenated alkanes) is 1. The van der Waals surface area contributed by atoms with E-state index in [0.717, 1.165) is 38.8 Å². The standard InChI is InChI=1S/C11H22N2O2/c1-3-4-6-12-11(14)13-10-5-7-15-9(2)8-10/h9-10H,3-8H2,1-2H3,(H2,12,13,14). The van der Waals surface area contributed by atoms with Crippen molar-refractivity contribution in [2.45, 2.75) is 51.7 Å². The first-order chi connectivity index (χ1) is 7.22. The Morgan fingerprint density at radius 3 is 3.00 bits per heavy atom. The molecule has 2 amide bonds. The Balaban J connectivity index is 2.13. The molecular weight excluding hydrogens is 192 g/mol. The summed E-state index contributed by atoms with van der Waals surface area (Å²) in [7, 11) is 0. The number of ether oxygens (including phenoxy) is 1. The average molecular weight is 214 g/mol. The van der Waals surface area contributed by atoms with E-state index in [1.165, 1.54) is 0 Å². The molecule has 0 bridgehead atoms. The summed E-state index contributed by atoms with van der Waals surface area (Å²) in [5, 5.41) is 5.83. The van der Waals surface area contributed by atoms with Crippen LogP contribution < -0.4 is 10.6 Å². The third-order valence-corrected chi connectivity index (χ3v) is 2.64. The highest BCUT2D eigenvalue weighted by atomic mass is 16.5. The molecule has 0 aromatic heterocycles. The molecule has 2 N–H and O–H groups in total. The van der Waals surface area contributed by atoms with E-state index in [4.69, 9.17) is 4.74 Å². The lowest BCUT2D eigenvalue weighted by atomic mass is 10.0. The highest BCUT2D eigenvalue weighted by molar-refractivity contribution is 5.74. The van der Waals surface area contributed by atoms with Crippen molar-refractivity contribution in [3.05, 3.63) is 0 Å². The van der Waals surface area contributed by atoms with Gasteiger partial charge in [0.05, 0.1) is 6.10 Å². The van der Waals surface area contributed by atoms with Crippen LogP contribution in [0.15, 0.2) is 0 Å². The second-order valence-corrected chi connectivity index (χ2v) is 4.16. The molecule has 0 saturated carbocycles. The Morgan fingerprint density at radius 2 is 2.33 bits per heavy atom. The molecule has 4 heteroatoms. The number of rotatable bonds is 4. The molecule has 0 spiro atoms. The number of urea groups is 1. The third-order valence-electron chi connectivity index (χ3n) is 2.64. The fourth-order valence-electron chi connectivity index (χ4n) is 1.74. The van der Waals surface area contributed by atoms with Crippen molar-refractivity contribution in [1.82, 2.24) is 10.6 Å². The van der Waals surface area contributed by atoms with Crippen molar-refractivity contribution < 1.29 is 9.53 Å². The normalized spacial score (nSPS) is 26.0. The van der Waals surface area contributed by atoms with Crippen LogP contribution in [0.5, 0.6) is 0 Å². The van der Waals surface area contributed by atoms with E-state index in [1.54, 1.807) is 0 Å².